The van der Waals surface area contributed by atoms with Crippen molar-refractivity contribution in [2.24, 2.45) is 5.92 Å². The van der Waals surface area contributed by atoms with Crippen molar-refractivity contribution >= 4 is 44.3 Å². The molecule has 1 aliphatic rings. The number of carbonyl (C=O) groups excluding carboxylic acids is 1. The van der Waals surface area contributed by atoms with Crippen LogP contribution >= 0.6 is 15.9 Å². The van der Waals surface area contributed by atoms with E-state index >= 15 is 0 Å². The molecule has 1 saturated heterocycles. The quantitative estimate of drug-likeness (QED) is 0.396. The third-order valence-corrected chi connectivity index (χ3v) is 6.78. The van der Waals surface area contributed by atoms with E-state index in [0.29, 0.717) is 43.7 Å². The van der Waals surface area contributed by atoms with Crippen molar-refractivity contribution in [3.05, 3.63) is 46.9 Å². The first-order chi connectivity index (χ1) is 17.0. The van der Waals surface area contributed by atoms with Crippen LogP contribution in [0.25, 0.3) is 27.9 Å². The van der Waals surface area contributed by atoms with Crippen LogP contribution < -0.4 is 10.1 Å². The number of rotatable bonds is 6. The van der Waals surface area contributed by atoms with Crippen molar-refractivity contribution in [3.63, 3.8) is 0 Å². The molecule has 0 saturated carbocycles. The molecule has 35 heavy (non-hydrogen) atoms. The molecule has 2 aromatic carbocycles. The van der Waals surface area contributed by atoms with Crippen molar-refractivity contribution < 1.29 is 14.3 Å². The van der Waals surface area contributed by atoms with Gasteiger partial charge in [-0.25, -0.2) is 9.97 Å². The van der Waals surface area contributed by atoms with Gasteiger partial charge in [-0.05, 0) is 58.2 Å². The van der Waals surface area contributed by atoms with E-state index in [1.54, 1.807) is 11.6 Å². The fourth-order valence-electron chi connectivity index (χ4n) is 4.19. The van der Waals surface area contributed by atoms with Crippen molar-refractivity contribution in [3.8, 4) is 17.1 Å². The molecule has 4 aromatic rings. The van der Waals surface area contributed by atoms with Crippen LogP contribution in [0.5, 0.6) is 5.75 Å². The third kappa shape index (κ3) is 4.55. The van der Waals surface area contributed by atoms with Crippen LogP contribution in [-0.2, 0) is 9.53 Å². The topological polar surface area (TPSA) is 93.9 Å². The summed E-state index contributed by atoms with van der Waals surface area (Å²) in [6.45, 7) is 6.32. The van der Waals surface area contributed by atoms with Gasteiger partial charge in [0.1, 0.15) is 11.8 Å². The van der Waals surface area contributed by atoms with E-state index in [-0.39, 0.29) is 11.8 Å². The Bertz CT molecular complexity index is 1370. The lowest BCUT2D eigenvalue weighted by molar-refractivity contribution is -0.137. The molecule has 0 spiro atoms. The second-order valence-corrected chi connectivity index (χ2v) is 9.63. The van der Waals surface area contributed by atoms with Crippen molar-refractivity contribution in [1.29, 1.82) is 0 Å². The van der Waals surface area contributed by atoms with E-state index < -0.39 is 6.04 Å². The summed E-state index contributed by atoms with van der Waals surface area (Å²) in [6.07, 6.45) is 0. The molecule has 2 aromatic heterocycles. The number of nitrogens with zero attached hydrogens (tertiary/aromatic N) is 5. The van der Waals surface area contributed by atoms with Gasteiger partial charge in [-0.3, -0.25) is 4.79 Å². The Morgan fingerprint density at radius 2 is 1.86 bits per heavy atom. The fraction of sp³-hybridized carbons (Fsp3) is 0.360. The average molecular weight is 539 g/mol. The largest absolute Gasteiger partial charge is 0.497 e. The van der Waals surface area contributed by atoms with Gasteiger partial charge in [-0.2, -0.15) is 4.52 Å². The summed E-state index contributed by atoms with van der Waals surface area (Å²) in [5.74, 6) is 1.84. The summed E-state index contributed by atoms with van der Waals surface area (Å²) in [5.41, 5.74) is 2.26. The van der Waals surface area contributed by atoms with Crippen LogP contribution in [0.3, 0.4) is 0 Å². The van der Waals surface area contributed by atoms with Gasteiger partial charge >= 0.3 is 0 Å². The van der Waals surface area contributed by atoms with Gasteiger partial charge in [-0.1, -0.05) is 19.9 Å². The molecular formula is C25H27BrN6O3. The van der Waals surface area contributed by atoms with Crippen molar-refractivity contribution in [1.82, 2.24) is 24.5 Å². The van der Waals surface area contributed by atoms with Gasteiger partial charge in [0.05, 0.1) is 25.8 Å². The minimum Gasteiger partial charge on any atom is -0.497 e. The number of anilines is 1. The molecule has 0 bridgehead atoms. The van der Waals surface area contributed by atoms with E-state index in [1.165, 1.54) is 0 Å². The maximum Gasteiger partial charge on any atom is 0.245 e. The average Bonchev–Trinajstić information content (AvgIpc) is 3.34. The van der Waals surface area contributed by atoms with E-state index in [9.17, 15) is 4.79 Å². The molecule has 10 heteroatoms. The third-order valence-electron chi connectivity index (χ3n) is 6.14. The number of carbonyl (C=O) groups is 1. The summed E-state index contributed by atoms with van der Waals surface area (Å²) < 4.78 is 13.2. The Balaban J connectivity index is 1.61. The SMILES string of the molecule is COc1ccc(-c2nc3c4cccc(Br)c4nc(N[C@@H](C(=O)N4CCOCC4)C(C)C)n3n2)cc1. The van der Waals surface area contributed by atoms with Gasteiger partial charge in [0.15, 0.2) is 11.5 Å². The number of nitrogens with one attached hydrogen (secondary N) is 1. The standard InChI is InChI=1S/C25H27BrN6O3/c1-15(2)20(24(33)31-11-13-35-14-12-31)27-25-28-21-18(5-4-6-19(21)26)23-29-22(30-32(23)25)16-7-9-17(34-3)10-8-16/h4-10,15,20H,11-14H2,1-3H3,(H,27,28)/t20-/m1/s1. The highest BCUT2D eigenvalue weighted by atomic mass is 79.9. The number of benzene rings is 2. The number of amides is 1. The van der Waals surface area contributed by atoms with Crippen molar-refractivity contribution in [2.45, 2.75) is 19.9 Å². The molecule has 9 nitrogen and oxygen atoms in total. The summed E-state index contributed by atoms with van der Waals surface area (Å²) in [5, 5.41) is 9.04. The first kappa shape index (κ1) is 23.5. The Morgan fingerprint density at radius 3 is 2.54 bits per heavy atom. The first-order valence-electron chi connectivity index (χ1n) is 11.6. The maximum atomic E-state index is 13.4. The molecule has 0 unspecified atom stereocenters. The highest BCUT2D eigenvalue weighted by molar-refractivity contribution is 9.10. The molecular weight excluding hydrogens is 512 g/mol. The van der Waals surface area contributed by atoms with E-state index in [0.717, 1.165) is 26.7 Å². The molecule has 1 atom stereocenters. The monoisotopic (exact) mass is 538 g/mol. The van der Waals surface area contributed by atoms with E-state index in [4.69, 9.17) is 24.5 Å². The summed E-state index contributed by atoms with van der Waals surface area (Å²) >= 11 is 3.62. The Labute approximate surface area is 211 Å². The summed E-state index contributed by atoms with van der Waals surface area (Å²) in [4.78, 5) is 25.0. The number of aromatic nitrogens is 4. The molecule has 0 radical (unpaired) electrons. The Hall–Kier alpha value is -3.24. The Kier molecular flexibility index (Phi) is 6.57. The van der Waals surface area contributed by atoms with E-state index in [1.807, 2.05) is 61.2 Å². The fourth-order valence-corrected chi connectivity index (χ4v) is 4.64. The number of morpholine rings is 1. The maximum absolute atomic E-state index is 13.4. The van der Waals surface area contributed by atoms with Crippen LogP contribution in [-0.4, -0.2) is 69.8 Å². The zero-order valence-electron chi connectivity index (χ0n) is 19.9. The minimum absolute atomic E-state index is 0.0287. The highest BCUT2D eigenvalue weighted by Gasteiger charge is 2.30. The van der Waals surface area contributed by atoms with Crippen LogP contribution in [0.2, 0.25) is 0 Å². The second kappa shape index (κ2) is 9.79. The summed E-state index contributed by atoms with van der Waals surface area (Å²) in [7, 11) is 1.63. The van der Waals surface area contributed by atoms with Crippen LogP contribution in [0, 0.1) is 5.92 Å². The van der Waals surface area contributed by atoms with Crippen LogP contribution in [0.4, 0.5) is 5.95 Å². The number of halogens is 1. The summed E-state index contributed by atoms with van der Waals surface area (Å²) in [6, 6.07) is 13.0. The number of methoxy groups -OCH3 is 1. The number of hydrogen-bond donors (Lipinski definition) is 1. The minimum atomic E-state index is -0.475. The molecule has 1 N–H and O–H groups in total. The number of ether oxygens (including phenoxy) is 2. The highest BCUT2D eigenvalue weighted by Crippen LogP contribution is 2.30. The molecule has 1 amide bonds. The molecule has 5 rings (SSSR count). The number of para-hydroxylation sites is 1. The molecule has 1 fully saturated rings. The van der Waals surface area contributed by atoms with Crippen LogP contribution in [0.15, 0.2) is 46.9 Å². The second-order valence-electron chi connectivity index (χ2n) is 8.77. The van der Waals surface area contributed by atoms with Gasteiger partial charge in [-0.15, -0.1) is 5.10 Å². The molecule has 3 heterocycles. The first-order valence-corrected chi connectivity index (χ1v) is 12.4. The number of hydrogen-bond acceptors (Lipinski definition) is 7. The van der Waals surface area contributed by atoms with Gasteiger partial charge < -0.3 is 19.7 Å². The lowest BCUT2D eigenvalue weighted by Crippen LogP contribution is -2.50. The Morgan fingerprint density at radius 1 is 1.11 bits per heavy atom. The van der Waals surface area contributed by atoms with Gasteiger partial charge in [0, 0.05) is 28.5 Å². The molecule has 182 valence electrons. The lowest BCUT2D eigenvalue weighted by Gasteiger charge is -2.32. The normalized spacial score (nSPS) is 15.1. The predicted molar refractivity (Wildman–Crippen MR) is 138 cm³/mol. The van der Waals surface area contributed by atoms with Gasteiger partial charge in [0.2, 0.25) is 11.9 Å². The zero-order chi connectivity index (χ0) is 24.5. The molecule has 0 aliphatic carbocycles. The zero-order valence-corrected chi connectivity index (χ0v) is 21.4. The lowest BCUT2D eigenvalue weighted by atomic mass is 10.0. The van der Waals surface area contributed by atoms with Gasteiger partial charge in [0.25, 0.3) is 0 Å². The predicted octanol–water partition coefficient (Wildman–Crippen LogP) is 4.01. The molecule has 1 aliphatic heterocycles. The smallest absolute Gasteiger partial charge is 0.245 e. The number of fused-ring (bicyclic) bond motifs is 3. The van der Waals surface area contributed by atoms with E-state index in [2.05, 4.69) is 21.2 Å². The van der Waals surface area contributed by atoms with Crippen LogP contribution in [0.1, 0.15) is 13.8 Å². The van der Waals surface area contributed by atoms with Crippen molar-refractivity contribution in [2.75, 3.05) is 38.7 Å².